The molecule has 0 heterocycles. The molecule has 0 N–H and O–H groups in total. The summed E-state index contributed by atoms with van der Waals surface area (Å²) in [5.74, 6) is -2.90. The predicted molar refractivity (Wildman–Crippen MR) is 80.1 cm³/mol. The topological polar surface area (TPSA) is 78.9 Å². The van der Waals surface area contributed by atoms with Gasteiger partial charge in [0.25, 0.3) is 0 Å². The Kier molecular flexibility index (Phi) is 5.62. The fourth-order valence-electron chi connectivity index (χ4n) is 1.71. The Hall–Kier alpha value is -3.22. The summed E-state index contributed by atoms with van der Waals surface area (Å²) in [5.41, 5.74) is 0.0102. The van der Waals surface area contributed by atoms with E-state index in [1.807, 2.05) is 0 Å². The lowest BCUT2D eigenvalue weighted by molar-refractivity contribution is -0.152. The second kappa shape index (κ2) is 7.87. The van der Waals surface area contributed by atoms with Gasteiger partial charge in [-0.25, -0.2) is 14.0 Å². The van der Waals surface area contributed by atoms with Gasteiger partial charge in [-0.3, -0.25) is 4.79 Å². The molecule has 124 valence electrons. The molecule has 0 spiro atoms. The first-order valence-electron chi connectivity index (χ1n) is 6.86. The summed E-state index contributed by atoms with van der Waals surface area (Å²) in [7, 11) is 0. The summed E-state index contributed by atoms with van der Waals surface area (Å²) in [6.07, 6.45) is 0. The van der Waals surface area contributed by atoms with Gasteiger partial charge < -0.3 is 14.2 Å². The van der Waals surface area contributed by atoms with Gasteiger partial charge in [-0.2, -0.15) is 0 Å². The number of halogens is 1. The highest BCUT2D eigenvalue weighted by Crippen LogP contribution is 2.27. The van der Waals surface area contributed by atoms with Crippen molar-refractivity contribution in [1.29, 1.82) is 0 Å². The molecule has 0 aliphatic carbocycles. The summed E-state index contributed by atoms with van der Waals surface area (Å²) >= 11 is 0. The Morgan fingerprint density at radius 3 is 2.25 bits per heavy atom. The summed E-state index contributed by atoms with van der Waals surface area (Å²) in [6.45, 7) is 0.587. The number of para-hydroxylation sites is 2. The van der Waals surface area contributed by atoms with Crippen molar-refractivity contribution in [2.75, 3.05) is 6.61 Å². The van der Waals surface area contributed by atoms with Crippen molar-refractivity contribution in [2.24, 2.45) is 0 Å². The largest absolute Gasteiger partial charge is 0.454 e. The molecule has 0 fully saturated rings. The number of rotatable bonds is 5. The highest BCUT2D eigenvalue weighted by Gasteiger charge is 2.15. The first-order chi connectivity index (χ1) is 11.5. The molecule has 0 unspecified atom stereocenters. The van der Waals surface area contributed by atoms with Crippen LogP contribution in [0.5, 0.6) is 11.5 Å². The van der Waals surface area contributed by atoms with E-state index in [1.165, 1.54) is 30.3 Å². The molecule has 0 radical (unpaired) electrons. The van der Waals surface area contributed by atoms with E-state index in [4.69, 9.17) is 9.47 Å². The zero-order valence-electron chi connectivity index (χ0n) is 12.7. The number of hydrogen-bond donors (Lipinski definition) is 0. The maximum absolute atomic E-state index is 13.1. The molecule has 0 saturated heterocycles. The molecule has 0 aromatic heterocycles. The third-order valence-corrected chi connectivity index (χ3v) is 2.73. The minimum atomic E-state index is -0.834. The van der Waals surface area contributed by atoms with Crippen molar-refractivity contribution < 1.29 is 33.0 Å². The number of carbonyl (C=O) groups is 3. The lowest BCUT2D eigenvalue weighted by Gasteiger charge is -2.10. The van der Waals surface area contributed by atoms with Crippen molar-refractivity contribution in [3.05, 3.63) is 59.9 Å². The van der Waals surface area contributed by atoms with Crippen LogP contribution in [0.1, 0.15) is 17.3 Å². The first-order valence-corrected chi connectivity index (χ1v) is 6.86. The monoisotopic (exact) mass is 332 g/mol. The van der Waals surface area contributed by atoms with Crippen LogP contribution < -0.4 is 9.47 Å². The molecule has 0 bridgehead atoms. The SMILES string of the molecule is CC(=O)OCC(=O)Oc1ccccc1OC(=O)c1cccc(F)c1. The van der Waals surface area contributed by atoms with Crippen molar-refractivity contribution in [3.8, 4) is 11.5 Å². The molecule has 24 heavy (non-hydrogen) atoms. The van der Waals surface area contributed by atoms with Crippen LogP contribution >= 0.6 is 0 Å². The van der Waals surface area contributed by atoms with Gasteiger partial charge in [0.05, 0.1) is 5.56 Å². The molecule has 0 amide bonds. The third kappa shape index (κ3) is 4.91. The van der Waals surface area contributed by atoms with Gasteiger partial charge >= 0.3 is 17.9 Å². The first kappa shape index (κ1) is 17.1. The number of carbonyl (C=O) groups excluding carboxylic acids is 3. The summed E-state index contributed by atoms with van der Waals surface area (Å²) in [4.78, 5) is 34.3. The van der Waals surface area contributed by atoms with Crippen molar-refractivity contribution >= 4 is 17.9 Å². The van der Waals surface area contributed by atoms with Crippen molar-refractivity contribution in [1.82, 2.24) is 0 Å². The second-order valence-electron chi connectivity index (χ2n) is 4.60. The normalized spacial score (nSPS) is 9.92. The zero-order valence-corrected chi connectivity index (χ0v) is 12.7. The maximum atomic E-state index is 13.1. The van der Waals surface area contributed by atoms with Crippen LogP contribution in [-0.4, -0.2) is 24.5 Å². The van der Waals surface area contributed by atoms with Gasteiger partial charge in [0.2, 0.25) is 0 Å². The summed E-state index contributed by atoms with van der Waals surface area (Å²) < 4.78 is 27.8. The number of esters is 3. The Labute approximate surface area is 136 Å². The van der Waals surface area contributed by atoms with Gasteiger partial charge in [-0.05, 0) is 30.3 Å². The molecule has 6 nitrogen and oxygen atoms in total. The predicted octanol–water partition coefficient (Wildman–Crippen LogP) is 2.51. The number of benzene rings is 2. The molecule has 2 aromatic rings. The van der Waals surface area contributed by atoms with E-state index in [1.54, 1.807) is 12.1 Å². The van der Waals surface area contributed by atoms with Crippen LogP contribution in [0.2, 0.25) is 0 Å². The van der Waals surface area contributed by atoms with E-state index in [0.29, 0.717) is 0 Å². The van der Waals surface area contributed by atoms with E-state index >= 15 is 0 Å². The van der Waals surface area contributed by atoms with Gasteiger partial charge in [-0.15, -0.1) is 0 Å². The van der Waals surface area contributed by atoms with Crippen LogP contribution in [0.3, 0.4) is 0 Å². The average Bonchev–Trinajstić information content (AvgIpc) is 2.54. The molecule has 0 saturated carbocycles. The van der Waals surface area contributed by atoms with Gasteiger partial charge in [-0.1, -0.05) is 18.2 Å². The van der Waals surface area contributed by atoms with Gasteiger partial charge in [0.15, 0.2) is 18.1 Å². The van der Waals surface area contributed by atoms with E-state index in [-0.39, 0.29) is 17.1 Å². The smallest absolute Gasteiger partial charge is 0.349 e. The van der Waals surface area contributed by atoms with E-state index in [2.05, 4.69) is 4.74 Å². The van der Waals surface area contributed by atoms with Crippen LogP contribution in [0, 0.1) is 5.82 Å². The lowest BCUT2D eigenvalue weighted by atomic mass is 10.2. The Morgan fingerprint density at radius 2 is 1.62 bits per heavy atom. The fraction of sp³-hybridized carbons (Fsp3) is 0.118. The Bertz CT molecular complexity index is 771. The lowest BCUT2D eigenvalue weighted by Crippen LogP contribution is -2.18. The molecule has 0 aliphatic rings. The molecule has 2 aromatic carbocycles. The molecule has 2 rings (SSSR count). The van der Waals surface area contributed by atoms with Crippen molar-refractivity contribution in [2.45, 2.75) is 6.92 Å². The zero-order chi connectivity index (χ0) is 17.5. The Morgan fingerprint density at radius 1 is 0.958 bits per heavy atom. The third-order valence-electron chi connectivity index (χ3n) is 2.73. The number of ether oxygens (including phenoxy) is 3. The van der Waals surface area contributed by atoms with Gasteiger partial charge in [0, 0.05) is 6.92 Å². The Balaban J connectivity index is 2.09. The standard InChI is InChI=1S/C17H13FO6/c1-11(19)22-10-16(20)23-14-7-2-3-8-15(14)24-17(21)12-5-4-6-13(18)9-12/h2-9H,10H2,1H3. The molecule has 0 atom stereocenters. The number of hydrogen-bond acceptors (Lipinski definition) is 6. The van der Waals surface area contributed by atoms with E-state index in [9.17, 15) is 18.8 Å². The van der Waals surface area contributed by atoms with Crippen LogP contribution in [0.15, 0.2) is 48.5 Å². The van der Waals surface area contributed by atoms with E-state index < -0.39 is 30.3 Å². The van der Waals surface area contributed by atoms with Gasteiger partial charge in [0.1, 0.15) is 5.82 Å². The minimum Gasteiger partial charge on any atom is -0.454 e. The summed E-state index contributed by atoms with van der Waals surface area (Å²) in [5, 5.41) is 0. The molecular weight excluding hydrogens is 319 g/mol. The summed E-state index contributed by atoms with van der Waals surface area (Å²) in [6, 6.07) is 10.9. The highest BCUT2D eigenvalue weighted by atomic mass is 19.1. The van der Waals surface area contributed by atoms with Crippen LogP contribution in [0.4, 0.5) is 4.39 Å². The quantitative estimate of drug-likeness (QED) is 0.618. The average molecular weight is 332 g/mol. The molecule has 7 heteroatoms. The van der Waals surface area contributed by atoms with Crippen LogP contribution in [0.25, 0.3) is 0 Å². The molecule has 0 aliphatic heterocycles. The minimum absolute atomic E-state index is 0.0102. The van der Waals surface area contributed by atoms with E-state index in [0.717, 1.165) is 13.0 Å². The van der Waals surface area contributed by atoms with Crippen molar-refractivity contribution in [3.63, 3.8) is 0 Å². The highest BCUT2D eigenvalue weighted by molar-refractivity contribution is 5.91. The second-order valence-corrected chi connectivity index (χ2v) is 4.60. The fourth-order valence-corrected chi connectivity index (χ4v) is 1.71. The maximum Gasteiger partial charge on any atom is 0.349 e. The van der Waals surface area contributed by atoms with Crippen LogP contribution in [-0.2, 0) is 14.3 Å². The molecular formula is C17H13FO6.